The van der Waals surface area contributed by atoms with Crippen molar-refractivity contribution in [3.63, 3.8) is 0 Å². The minimum atomic E-state index is -0.747. The summed E-state index contributed by atoms with van der Waals surface area (Å²) < 4.78 is 0. The Bertz CT molecular complexity index is 363. The molecule has 1 aliphatic carbocycles. The first kappa shape index (κ1) is 11.1. The number of nitrogens with zero attached hydrogens (tertiary/aromatic N) is 1. The molecule has 0 aromatic carbocycles. The molecule has 1 aliphatic rings. The zero-order chi connectivity index (χ0) is 11.5. The monoisotopic (exact) mass is 220 g/mol. The summed E-state index contributed by atoms with van der Waals surface area (Å²) in [5, 5.41) is 12.3. The van der Waals surface area contributed by atoms with Crippen LogP contribution in [-0.4, -0.2) is 22.1 Å². The van der Waals surface area contributed by atoms with Crippen molar-refractivity contribution in [2.75, 3.05) is 0 Å². The van der Waals surface area contributed by atoms with E-state index in [9.17, 15) is 4.79 Å². The van der Waals surface area contributed by atoms with E-state index in [1.807, 2.05) is 19.1 Å². The van der Waals surface area contributed by atoms with Gasteiger partial charge in [-0.2, -0.15) is 0 Å². The number of pyridine rings is 1. The van der Waals surface area contributed by atoms with Crippen LogP contribution in [0.5, 0.6) is 0 Å². The van der Waals surface area contributed by atoms with Gasteiger partial charge in [0.15, 0.2) is 0 Å². The normalized spacial score (nSPS) is 19.1. The van der Waals surface area contributed by atoms with Gasteiger partial charge >= 0.3 is 5.97 Å². The molecule has 2 unspecified atom stereocenters. The molecule has 1 saturated carbocycles. The Hall–Kier alpha value is -1.42. The molecule has 0 radical (unpaired) electrons. The van der Waals surface area contributed by atoms with Crippen LogP contribution in [0.15, 0.2) is 24.5 Å². The number of hydrogen-bond donors (Lipinski definition) is 2. The number of hydrogen-bond acceptors (Lipinski definition) is 3. The Morgan fingerprint density at radius 1 is 1.50 bits per heavy atom. The summed E-state index contributed by atoms with van der Waals surface area (Å²) in [5.74, 6) is -0.440. The van der Waals surface area contributed by atoms with Gasteiger partial charge in [-0.15, -0.1) is 0 Å². The zero-order valence-corrected chi connectivity index (χ0v) is 9.26. The van der Waals surface area contributed by atoms with Gasteiger partial charge in [-0.3, -0.25) is 15.1 Å². The first-order chi connectivity index (χ1) is 7.68. The minimum Gasteiger partial charge on any atom is -0.480 e. The number of aliphatic carboxylic acids is 1. The van der Waals surface area contributed by atoms with E-state index in [2.05, 4.69) is 10.3 Å². The Morgan fingerprint density at radius 3 is 2.62 bits per heavy atom. The molecule has 1 aromatic rings. The highest BCUT2D eigenvalue weighted by molar-refractivity contribution is 5.74. The Labute approximate surface area is 94.7 Å². The summed E-state index contributed by atoms with van der Waals surface area (Å²) in [4.78, 5) is 15.0. The smallest absolute Gasteiger partial charge is 0.320 e. The average Bonchev–Trinajstić information content (AvgIpc) is 3.10. The molecule has 0 spiro atoms. The van der Waals surface area contributed by atoms with Crippen molar-refractivity contribution in [3.8, 4) is 0 Å². The lowest BCUT2D eigenvalue weighted by Crippen LogP contribution is -2.40. The van der Waals surface area contributed by atoms with E-state index in [1.165, 1.54) is 0 Å². The second kappa shape index (κ2) is 4.61. The molecule has 1 aromatic heterocycles. The minimum absolute atomic E-state index is 0.0460. The van der Waals surface area contributed by atoms with Crippen LogP contribution in [-0.2, 0) is 4.79 Å². The van der Waals surface area contributed by atoms with Crippen molar-refractivity contribution in [2.45, 2.75) is 31.8 Å². The van der Waals surface area contributed by atoms with E-state index in [4.69, 9.17) is 5.11 Å². The van der Waals surface area contributed by atoms with Crippen LogP contribution in [0.1, 0.15) is 31.4 Å². The molecule has 4 heteroatoms. The van der Waals surface area contributed by atoms with Crippen LogP contribution in [0, 0.1) is 5.92 Å². The molecule has 86 valence electrons. The van der Waals surface area contributed by atoms with E-state index in [1.54, 1.807) is 12.4 Å². The van der Waals surface area contributed by atoms with Gasteiger partial charge in [-0.1, -0.05) is 0 Å². The number of rotatable bonds is 5. The third-order valence-corrected chi connectivity index (χ3v) is 3.00. The molecule has 0 saturated heterocycles. The van der Waals surface area contributed by atoms with Crippen LogP contribution >= 0.6 is 0 Å². The molecule has 0 bridgehead atoms. The Kier molecular flexibility index (Phi) is 3.19. The summed E-state index contributed by atoms with van der Waals surface area (Å²) >= 11 is 0. The molecule has 16 heavy (non-hydrogen) atoms. The standard InChI is InChI=1S/C12H16N2O2/c1-8(9-4-6-13-7-5-9)14-11(12(15)16)10-2-3-10/h4-8,10-11,14H,2-3H2,1H3,(H,15,16). The van der Waals surface area contributed by atoms with Gasteiger partial charge in [0.2, 0.25) is 0 Å². The second-order valence-corrected chi connectivity index (χ2v) is 4.32. The molecule has 4 nitrogen and oxygen atoms in total. The fourth-order valence-electron chi connectivity index (χ4n) is 1.86. The van der Waals surface area contributed by atoms with Crippen LogP contribution in [0.4, 0.5) is 0 Å². The maximum absolute atomic E-state index is 11.1. The van der Waals surface area contributed by atoms with Gasteiger partial charge in [0.05, 0.1) is 0 Å². The van der Waals surface area contributed by atoms with Crippen molar-refractivity contribution in [2.24, 2.45) is 5.92 Å². The van der Waals surface area contributed by atoms with Gasteiger partial charge < -0.3 is 5.11 Å². The summed E-state index contributed by atoms with van der Waals surface area (Å²) in [5.41, 5.74) is 1.07. The fourth-order valence-corrected chi connectivity index (χ4v) is 1.86. The van der Waals surface area contributed by atoms with E-state index < -0.39 is 12.0 Å². The summed E-state index contributed by atoms with van der Waals surface area (Å²) in [7, 11) is 0. The van der Waals surface area contributed by atoms with E-state index in [0.29, 0.717) is 5.92 Å². The van der Waals surface area contributed by atoms with Crippen molar-refractivity contribution < 1.29 is 9.90 Å². The highest BCUT2D eigenvalue weighted by atomic mass is 16.4. The Balaban J connectivity index is 2.00. The van der Waals surface area contributed by atoms with Crippen LogP contribution < -0.4 is 5.32 Å². The van der Waals surface area contributed by atoms with Gasteiger partial charge in [0.25, 0.3) is 0 Å². The number of carboxylic acids is 1. The van der Waals surface area contributed by atoms with E-state index in [-0.39, 0.29) is 6.04 Å². The topological polar surface area (TPSA) is 62.2 Å². The average molecular weight is 220 g/mol. The number of carboxylic acid groups (broad SMARTS) is 1. The van der Waals surface area contributed by atoms with Crippen molar-refractivity contribution in [1.82, 2.24) is 10.3 Å². The van der Waals surface area contributed by atoms with Crippen LogP contribution in [0.25, 0.3) is 0 Å². The molecule has 2 N–H and O–H groups in total. The molecular formula is C12H16N2O2. The third-order valence-electron chi connectivity index (χ3n) is 3.00. The maximum atomic E-state index is 11.1. The largest absolute Gasteiger partial charge is 0.480 e. The zero-order valence-electron chi connectivity index (χ0n) is 9.26. The van der Waals surface area contributed by atoms with Gasteiger partial charge in [-0.25, -0.2) is 0 Å². The number of nitrogens with one attached hydrogen (secondary N) is 1. The summed E-state index contributed by atoms with van der Waals surface area (Å²) in [6, 6.07) is 3.44. The van der Waals surface area contributed by atoms with Gasteiger partial charge in [0, 0.05) is 18.4 Å². The van der Waals surface area contributed by atoms with E-state index >= 15 is 0 Å². The maximum Gasteiger partial charge on any atom is 0.320 e. The van der Waals surface area contributed by atoms with Crippen molar-refractivity contribution >= 4 is 5.97 Å². The molecular weight excluding hydrogens is 204 g/mol. The predicted molar refractivity (Wildman–Crippen MR) is 59.9 cm³/mol. The van der Waals surface area contributed by atoms with Gasteiger partial charge in [-0.05, 0) is 43.4 Å². The number of carbonyl (C=O) groups is 1. The van der Waals surface area contributed by atoms with Crippen LogP contribution in [0.2, 0.25) is 0 Å². The molecule has 1 fully saturated rings. The predicted octanol–water partition coefficient (Wildman–Crippen LogP) is 1.60. The highest BCUT2D eigenvalue weighted by Crippen LogP contribution is 2.33. The van der Waals surface area contributed by atoms with E-state index in [0.717, 1.165) is 18.4 Å². The molecule has 2 atom stereocenters. The second-order valence-electron chi connectivity index (χ2n) is 4.32. The Morgan fingerprint density at radius 2 is 2.12 bits per heavy atom. The van der Waals surface area contributed by atoms with Gasteiger partial charge in [0.1, 0.15) is 6.04 Å². The first-order valence-corrected chi connectivity index (χ1v) is 5.57. The highest BCUT2D eigenvalue weighted by Gasteiger charge is 2.36. The van der Waals surface area contributed by atoms with Crippen molar-refractivity contribution in [1.29, 1.82) is 0 Å². The van der Waals surface area contributed by atoms with Crippen molar-refractivity contribution in [3.05, 3.63) is 30.1 Å². The number of aromatic nitrogens is 1. The first-order valence-electron chi connectivity index (χ1n) is 5.57. The fraction of sp³-hybridized carbons (Fsp3) is 0.500. The molecule has 1 heterocycles. The quantitative estimate of drug-likeness (QED) is 0.791. The lowest BCUT2D eigenvalue weighted by Gasteiger charge is -2.20. The molecule has 2 rings (SSSR count). The van der Waals surface area contributed by atoms with Crippen LogP contribution in [0.3, 0.4) is 0 Å². The SMILES string of the molecule is CC(NC(C(=O)O)C1CC1)c1ccncc1. The lowest BCUT2D eigenvalue weighted by molar-refractivity contribution is -0.140. The summed E-state index contributed by atoms with van der Waals surface area (Å²) in [6.07, 6.45) is 5.49. The molecule has 0 amide bonds. The third kappa shape index (κ3) is 2.58. The summed E-state index contributed by atoms with van der Waals surface area (Å²) in [6.45, 7) is 1.98. The molecule has 0 aliphatic heterocycles. The lowest BCUT2D eigenvalue weighted by atomic mass is 10.1.